The van der Waals surface area contributed by atoms with Crippen molar-refractivity contribution in [2.75, 3.05) is 5.32 Å². The highest BCUT2D eigenvalue weighted by molar-refractivity contribution is 9.10. The van der Waals surface area contributed by atoms with E-state index in [4.69, 9.17) is 0 Å². The molecule has 5 heteroatoms. The average molecular weight is 322 g/mol. The van der Waals surface area contributed by atoms with Crippen LogP contribution < -0.4 is 5.32 Å². The van der Waals surface area contributed by atoms with Gasteiger partial charge < -0.3 is 15.5 Å². The topological polar surface area (TPSA) is 69.6 Å². The van der Waals surface area contributed by atoms with Crippen molar-refractivity contribution < 1.29 is 15.0 Å². The third-order valence-corrected chi connectivity index (χ3v) is 3.15. The van der Waals surface area contributed by atoms with Crippen molar-refractivity contribution in [2.24, 2.45) is 0 Å². The molecule has 0 fully saturated rings. The van der Waals surface area contributed by atoms with Gasteiger partial charge in [-0.1, -0.05) is 15.9 Å². The number of aryl methyl sites for hydroxylation is 1. The average Bonchev–Trinajstić information content (AvgIpc) is 2.36. The van der Waals surface area contributed by atoms with E-state index < -0.39 is 5.91 Å². The van der Waals surface area contributed by atoms with Gasteiger partial charge in [0, 0.05) is 10.2 Å². The molecule has 1 amide bonds. The lowest BCUT2D eigenvalue weighted by Crippen LogP contribution is -2.12. The summed E-state index contributed by atoms with van der Waals surface area (Å²) in [5, 5.41) is 21.7. The predicted molar refractivity (Wildman–Crippen MR) is 76.6 cm³/mol. The second-order valence-electron chi connectivity index (χ2n) is 4.12. The molecule has 4 nitrogen and oxygen atoms in total. The van der Waals surface area contributed by atoms with Gasteiger partial charge in [-0.25, -0.2) is 0 Å². The van der Waals surface area contributed by atoms with Crippen molar-refractivity contribution in [3.63, 3.8) is 0 Å². The van der Waals surface area contributed by atoms with Crippen LogP contribution in [-0.4, -0.2) is 16.1 Å². The Hall–Kier alpha value is -2.01. The van der Waals surface area contributed by atoms with Gasteiger partial charge in [0.2, 0.25) is 0 Å². The van der Waals surface area contributed by atoms with Crippen molar-refractivity contribution in [2.45, 2.75) is 6.92 Å². The molecule has 0 spiro atoms. The summed E-state index contributed by atoms with van der Waals surface area (Å²) in [6.45, 7) is 1.74. The molecule has 0 aromatic heterocycles. The van der Waals surface area contributed by atoms with Gasteiger partial charge in [-0.2, -0.15) is 0 Å². The summed E-state index contributed by atoms with van der Waals surface area (Å²) in [4.78, 5) is 12.0. The Kier molecular flexibility index (Phi) is 3.76. The third kappa shape index (κ3) is 3.06. The number of amides is 1. The molecular formula is C14H12BrNO3. The van der Waals surface area contributed by atoms with Gasteiger partial charge in [0.25, 0.3) is 5.91 Å². The summed E-state index contributed by atoms with van der Waals surface area (Å²) in [6, 6.07) is 9.39. The number of phenols is 2. The van der Waals surface area contributed by atoms with Gasteiger partial charge in [0.1, 0.15) is 11.5 Å². The Morgan fingerprint density at radius 1 is 1.11 bits per heavy atom. The van der Waals surface area contributed by atoms with Crippen LogP contribution in [0.25, 0.3) is 0 Å². The maximum atomic E-state index is 12.0. The second kappa shape index (κ2) is 5.32. The lowest BCUT2D eigenvalue weighted by molar-refractivity contribution is 0.102. The monoisotopic (exact) mass is 321 g/mol. The second-order valence-corrected chi connectivity index (χ2v) is 5.03. The molecule has 0 aliphatic heterocycles. The van der Waals surface area contributed by atoms with E-state index in [1.807, 2.05) is 0 Å². The molecule has 19 heavy (non-hydrogen) atoms. The number of benzene rings is 2. The molecule has 0 bridgehead atoms. The zero-order valence-corrected chi connectivity index (χ0v) is 11.7. The fourth-order valence-electron chi connectivity index (χ4n) is 1.62. The molecular weight excluding hydrogens is 310 g/mol. The number of rotatable bonds is 2. The predicted octanol–water partition coefficient (Wildman–Crippen LogP) is 3.42. The molecule has 0 aliphatic carbocycles. The number of anilines is 1. The van der Waals surface area contributed by atoms with E-state index >= 15 is 0 Å². The molecule has 0 saturated heterocycles. The molecule has 2 rings (SSSR count). The number of halogens is 1. The van der Waals surface area contributed by atoms with Crippen LogP contribution in [0.5, 0.6) is 11.5 Å². The zero-order chi connectivity index (χ0) is 14.0. The lowest BCUT2D eigenvalue weighted by atomic mass is 10.1. The van der Waals surface area contributed by atoms with Crippen LogP contribution in [0.15, 0.2) is 40.9 Å². The molecule has 0 atom stereocenters. The normalized spacial score (nSPS) is 10.2. The van der Waals surface area contributed by atoms with E-state index in [9.17, 15) is 15.0 Å². The highest BCUT2D eigenvalue weighted by atomic mass is 79.9. The fourth-order valence-corrected chi connectivity index (χ4v) is 1.98. The van der Waals surface area contributed by atoms with Crippen molar-refractivity contribution >= 4 is 27.5 Å². The summed E-state index contributed by atoms with van der Waals surface area (Å²) in [5.74, 6) is -0.330. The maximum absolute atomic E-state index is 12.0. The first-order valence-electron chi connectivity index (χ1n) is 5.57. The number of hydrogen-bond donors (Lipinski definition) is 3. The summed E-state index contributed by atoms with van der Waals surface area (Å²) >= 11 is 3.25. The van der Waals surface area contributed by atoms with Gasteiger partial charge in [-0.15, -0.1) is 0 Å². The highest BCUT2D eigenvalue weighted by Gasteiger charge is 2.12. The van der Waals surface area contributed by atoms with Crippen molar-refractivity contribution in [3.05, 3.63) is 52.0 Å². The molecule has 0 saturated carbocycles. The van der Waals surface area contributed by atoms with E-state index in [-0.39, 0.29) is 17.1 Å². The summed E-state index contributed by atoms with van der Waals surface area (Å²) < 4.78 is 0.706. The number of nitrogens with one attached hydrogen (secondary N) is 1. The largest absolute Gasteiger partial charge is 0.508 e. The first kappa shape index (κ1) is 13.4. The molecule has 0 unspecified atom stereocenters. The number of carbonyl (C=O) groups excluding carboxylic acids is 1. The van der Waals surface area contributed by atoms with Gasteiger partial charge in [0.15, 0.2) is 0 Å². The minimum atomic E-state index is -0.413. The van der Waals surface area contributed by atoms with Crippen LogP contribution in [0.3, 0.4) is 0 Å². The Bertz CT molecular complexity index is 641. The molecule has 2 aromatic carbocycles. The molecule has 0 aliphatic rings. The highest BCUT2D eigenvalue weighted by Crippen LogP contribution is 2.24. The summed E-state index contributed by atoms with van der Waals surface area (Å²) in [5.41, 5.74) is 1.40. The van der Waals surface area contributed by atoms with Crippen LogP contribution in [0, 0.1) is 6.92 Å². The van der Waals surface area contributed by atoms with Crippen LogP contribution in [-0.2, 0) is 0 Å². The summed E-state index contributed by atoms with van der Waals surface area (Å²) in [6.07, 6.45) is 0. The quantitative estimate of drug-likeness (QED) is 0.742. The first-order chi connectivity index (χ1) is 8.97. The van der Waals surface area contributed by atoms with E-state index in [0.717, 1.165) is 0 Å². The van der Waals surface area contributed by atoms with Gasteiger partial charge >= 0.3 is 0 Å². The standard InChI is InChI=1S/C14H12BrNO3/c1-8-6-10(3-5-12(8)17)16-14(19)11-7-9(15)2-4-13(11)18/h2-7,17-18H,1H3,(H,16,19). The van der Waals surface area contributed by atoms with Crippen molar-refractivity contribution in [1.29, 1.82) is 0 Å². The molecule has 0 heterocycles. The van der Waals surface area contributed by atoms with E-state index in [2.05, 4.69) is 21.2 Å². The first-order valence-corrected chi connectivity index (χ1v) is 6.36. The molecule has 3 N–H and O–H groups in total. The Morgan fingerprint density at radius 3 is 2.47 bits per heavy atom. The number of phenolic OH excluding ortho intramolecular Hbond substituents is 2. The van der Waals surface area contributed by atoms with Crippen molar-refractivity contribution in [1.82, 2.24) is 0 Å². The van der Waals surface area contributed by atoms with Crippen molar-refractivity contribution in [3.8, 4) is 11.5 Å². The SMILES string of the molecule is Cc1cc(NC(=O)c2cc(Br)ccc2O)ccc1O. The summed E-state index contributed by atoms with van der Waals surface area (Å²) in [7, 11) is 0. The smallest absolute Gasteiger partial charge is 0.259 e. The molecule has 98 valence electrons. The lowest BCUT2D eigenvalue weighted by Gasteiger charge is -2.08. The number of aromatic hydroxyl groups is 2. The fraction of sp³-hybridized carbons (Fsp3) is 0.0714. The number of hydrogen-bond acceptors (Lipinski definition) is 3. The third-order valence-electron chi connectivity index (χ3n) is 2.66. The number of carbonyl (C=O) groups is 1. The van der Waals surface area contributed by atoms with E-state index in [0.29, 0.717) is 15.7 Å². The van der Waals surface area contributed by atoms with Crippen LogP contribution in [0.1, 0.15) is 15.9 Å². The van der Waals surface area contributed by atoms with E-state index in [1.54, 1.807) is 25.1 Å². The minimum absolute atomic E-state index is 0.0869. The minimum Gasteiger partial charge on any atom is -0.508 e. The Balaban J connectivity index is 2.25. The maximum Gasteiger partial charge on any atom is 0.259 e. The Labute approximate surface area is 118 Å². The molecule has 0 radical (unpaired) electrons. The van der Waals surface area contributed by atoms with Gasteiger partial charge in [-0.3, -0.25) is 4.79 Å². The Morgan fingerprint density at radius 2 is 1.79 bits per heavy atom. The van der Waals surface area contributed by atoms with Crippen LogP contribution >= 0.6 is 15.9 Å². The van der Waals surface area contributed by atoms with Gasteiger partial charge in [-0.05, 0) is 48.9 Å². The van der Waals surface area contributed by atoms with Gasteiger partial charge in [0.05, 0.1) is 5.56 Å². The van der Waals surface area contributed by atoms with Crippen LogP contribution in [0.4, 0.5) is 5.69 Å². The van der Waals surface area contributed by atoms with E-state index in [1.165, 1.54) is 18.2 Å². The zero-order valence-electron chi connectivity index (χ0n) is 10.1. The molecule has 2 aromatic rings. The van der Waals surface area contributed by atoms with Crippen LogP contribution in [0.2, 0.25) is 0 Å².